The van der Waals surface area contributed by atoms with E-state index < -0.39 is 0 Å². The number of carbonyl (C=O) groups is 1. The number of aromatic nitrogens is 2. The summed E-state index contributed by atoms with van der Waals surface area (Å²) in [6.45, 7) is 5.25. The number of methoxy groups -OCH3 is 1. The first-order valence-corrected chi connectivity index (χ1v) is 11.9. The third-order valence-electron chi connectivity index (χ3n) is 5.81. The molecule has 0 spiro atoms. The van der Waals surface area contributed by atoms with E-state index in [0.717, 1.165) is 46.7 Å². The average molecular weight is 470 g/mol. The van der Waals surface area contributed by atoms with Crippen LogP contribution in [0.1, 0.15) is 41.3 Å². The maximum Gasteiger partial charge on any atom is 0.251 e. The Balaban J connectivity index is 1.60. The molecule has 0 unspecified atom stereocenters. The van der Waals surface area contributed by atoms with Crippen molar-refractivity contribution in [3.05, 3.63) is 95.7 Å². The second-order valence-corrected chi connectivity index (χ2v) is 8.38. The van der Waals surface area contributed by atoms with Gasteiger partial charge in [-0.3, -0.25) is 4.79 Å². The minimum absolute atomic E-state index is 0.151. The fourth-order valence-electron chi connectivity index (χ4n) is 3.80. The van der Waals surface area contributed by atoms with Crippen LogP contribution in [0.4, 0.5) is 0 Å². The first kappa shape index (κ1) is 24.1. The molecule has 0 aliphatic heterocycles. The number of nitrogens with one attached hydrogen (secondary N) is 1. The van der Waals surface area contributed by atoms with Crippen LogP contribution in [0.2, 0.25) is 0 Å². The number of nitrogens with zero attached hydrogens (tertiary/aromatic N) is 2. The van der Waals surface area contributed by atoms with Gasteiger partial charge in [-0.05, 0) is 73.5 Å². The molecule has 6 nitrogen and oxygen atoms in total. The van der Waals surface area contributed by atoms with Crippen molar-refractivity contribution in [3.63, 3.8) is 0 Å². The van der Waals surface area contributed by atoms with Gasteiger partial charge in [0, 0.05) is 29.4 Å². The standard InChI is InChI=1S/C29H31N3O3/c1-4-5-17-35-27-16-13-23(18-21(27)2)28-24(20-32(31-28)25-9-7-6-8-10-25)19-30-29(33)22-11-14-26(34-3)15-12-22/h6-16,18,20H,4-5,17,19H2,1-3H3,(H,30,33). The molecule has 0 atom stereocenters. The van der Waals surface area contributed by atoms with Gasteiger partial charge in [0.2, 0.25) is 0 Å². The number of unbranched alkanes of at least 4 members (excludes halogenated alkanes) is 1. The highest BCUT2D eigenvalue weighted by atomic mass is 16.5. The highest BCUT2D eigenvalue weighted by molar-refractivity contribution is 5.94. The van der Waals surface area contributed by atoms with Crippen molar-refractivity contribution in [3.8, 4) is 28.4 Å². The van der Waals surface area contributed by atoms with Gasteiger partial charge < -0.3 is 14.8 Å². The summed E-state index contributed by atoms with van der Waals surface area (Å²) in [5.41, 5.74) is 5.32. The van der Waals surface area contributed by atoms with Gasteiger partial charge in [-0.2, -0.15) is 5.10 Å². The highest BCUT2D eigenvalue weighted by Crippen LogP contribution is 2.29. The van der Waals surface area contributed by atoms with Crippen molar-refractivity contribution in [1.29, 1.82) is 0 Å². The lowest BCUT2D eigenvalue weighted by atomic mass is 10.0. The molecule has 4 aromatic rings. The molecule has 0 fully saturated rings. The molecule has 1 heterocycles. The van der Waals surface area contributed by atoms with E-state index >= 15 is 0 Å². The lowest BCUT2D eigenvalue weighted by Gasteiger charge is -2.11. The summed E-state index contributed by atoms with van der Waals surface area (Å²) in [5, 5.41) is 7.91. The Bertz CT molecular complexity index is 1260. The fourth-order valence-corrected chi connectivity index (χ4v) is 3.80. The van der Waals surface area contributed by atoms with Gasteiger partial charge in [0.25, 0.3) is 5.91 Å². The molecular weight excluding hydrogens is 438 g/mol. The molecule has 0 aliphatic rings. The Morgan fingerprint density at radius 1 is 1.03 bits per heavy atom. The predicted molar refractivity (Wildman–Crippen MR) is 138 cm³/mol. The molecule has 6 heteroatoms. The van der Waals surface area contributed by atoms with Crippen LogP contribution in [0, 0.1) is 6.92 Å². The van der Waals surface area contributed by atoms with Crippen molar-refractivity contribution in [2.75, 3.05) is 13.7 Å². The smallest absolute Gasteiger partial charge is 0.251 e. The summed E-state index contributed by atoms with van der Waals surface area (Å²) >= 11 is 0. The summed E-state index contributed by atoms with van der Waals surface area (Å²) in [5.74, 6) is 1.45. The Kier molecular flexibility index (Phi) is 7.83. The molecule has 3 aromatic carbocycles. The third kappa shape index (κ3) is 5.90. The third-order valence-corrected chi connectivity index (χ3v) is 5.81. The van der Waals surface area contributed by atoms with Gasteiger partial charge in [0.15, 0.2) is 0 Å². The molecule has 0 radical (unpaired) electrons. The Hall–Kier alpha value is -4.06. The number of aryl methyl sites for hydroxylation is 1. The van der Waals surface area contributed by atoms with E-state index in [1.165, 1.54) is 0 Å². The molecule has 0 saturated carbocycles. The fraction of sp³-hybridized carbons (Fsp3) is 0.241. The van der Waals surface area contributed by atoms with Gasteiger partial charge in [-0.1, -0.05) is 31.5 Å². The number of para-hydroxylation sites is 1. The van der Waals surface area contributed by atoms with Crippen molar-refractivity contribution >= 4 is 5.91 Å². The molecule has 0 saturated heterocycles. The van der Waals surface area contributed by atoms with Crippen molar-refractivity contribution in [2.45, 2.75) is 33.2 Å². The minimum Gasteiger partial charge on any atom is -0.497 e. The maximum atomic E-state index is 12.8. The van der Waals surface area contributed by atoms with E-state index in [-0.39, 0.29) is 5.91 Å². The summed E-state index contributed by atoms with van der Waals surface area (Å²) in [6.07, 6.45) is 4.10. The van der Waals surface area contributed by atoms with E-state index in [1.54, 1.807) is 31.4 Å². The van der Waals surface area contributed by atoms with E-state index in [9.17, 15) is 4.79 Å². The molecule has 1 N–H and O–H groups in total. The van der Waals surface area contributed by atoms with Crippen molar-refractivity contribution in [1.82, 2.24) is 15.1 Å². The van der Waals surface area contributed by atoms with Crippen LogP contribution in [0.25, 0.3) is 16.9 Å². The summed E-state index contributed by atoms with van der Waals surface area (Å²) in [7, 11) is 1.60. The van der Waals surface area contributed by atoms with Crippen LogP contribution >= 0.6 is 0 Å². The first-order valence-electron chi connectivity index (χ1n) is 11.9. The number of hydrogen-bond acceptors (Lipinski definition) is 4. The highest BCUT2D eigenvalue weighted by Gasteiger charge is 2.15. The molecule has 0 bridgehead atoms. The minimum atomic E-state index is -0.151. The Labute approximate surface area is 206 Å². The number of carbonyl (C=O) groups excluding carboxylic acids is 1. The van der Waals surface area contributed by atoms with Gasteiger partial charge in [0.05, 0.1) is 25.1 Å². The maximum absolute atomic E-state index is 12.8. The number of ether oxygens (including phenoxy) is 2. The zero-order valence-corrected chi connectivity index (χ0v) is 20.5. The molecule has 1 amide bonds. The molecule has 180 valence electrons. The number of rotatable bonds is 10. The second kappa shape index (κ2) is 11.4. The first-order chi connectivity index (χ1) is 17.1. The lowest BCUT2D eigenvalue weighted by molar-refractivity contribution is 0.0951. The number of hydrogen-bond donors (Lipinski definition) is 1. The summed E-state index contributed by atoms with van der Waals surface area (Å²) < 4.78 is 13.0. The zero-order chi connectivity index (χ0) is 24.6. The van der Waals surface area contributed by atoms with Gasteiger partial charge in [-0.25, -0.2) is 4.68 Å². The van der Waals surface area contributed by atoms with Gasteiger partial charge in [0.1, 0.15) is 11.5 Å². The molecule has 0 aliphatic carbocycles. The quantitative estimate of drug-likeness (QED) is 0.291. The molecule has 4 rings (SSSR count). The van der Waals surface area contributed by atoms with Crippen LogP contribution in [0.15, 0.2) is 79.0 Å². The lowest BCUT2D eigenvalue weighted by Crippen LogP contribution is -2.22. The monoisotopic (exact) mass is 469 g/mol. The average Bonchev–Trinajstić information content (AvgIpc) is 3.33. The molecular formula is C29H31N3O3. The summed E-state index contributed by atoms with van der Waals surface area (Å²) in [4.78, 5) is 12.8. The summed E-state index contributed by atoms with van der Waals surface area (Å²) in [6, 6.07) is 23.1. The number of benzene rings is 3. The van der Waals surface area contributed by atoms with Crippen LogP contribution in [0.3, 0.4) is 0 Å². The van der Waals surface area contributed by atoms with Crippen LogP contribution in [-0.2, 0) is 6.54 Å². The SMILES string of the molecule is CCCCOc1ccc(-c2nn(-c3ccccc3)cc2CNC(=O)c2ccc(OC)cc2)cc1C. The topological polar surface area (TPSA) is 65.4 Å². The largest absolute Gasteiger partial charge is 0.497 e. The van der Waals surface area contributed by atoms with Crippen molar-refractivity contribution < 1.29 is 14.3 Å². The Morgan fingerprint density at radius 3 is 2.49 bits per heavy atom. The van der Waals surface area contributed by atoms with E-state index in [1.807, 2.05) is 60.3 Å². The van der Waals surface area contributed by atoms with Crippen molar-refractivity contribution in [2.24, 2.45) is 0 Å². The van der Waals surface area contributed by atoms with Crippen LogP contribution in [-0.4, -0.2) is 29.4 Å². The van der Waals surface area contributed by atoms with E-state index in [2.05, 4.69) is 18.3 Å². The zero-order valence-electron chi connectivity index (χ0n) is 20.5. The second-order valence-electron chi connectivity index (χ2n) is 8.38. The normalized spacial score (nSPS) is 10.7. The van der Waals surface area contributed by atoms with Crippen LogP contribution in [0.5, 0.6) is 11.5 Å². The Morgan fingerprint density at radius 2 is 1.80 bits per heavy atom. The molecule has 1 aromatic heterocycles. The number of amides is 1. The van der Waals surface area contributed by atoms with Crippen LogP contribution < -0.4 is 14.8 Å². The predicted octanol–water partition coefficient (Wildman–Crippen LogP) is 5.97. The van der Waals surface area contributed by atoms with E-state index in [0.29, 0.717) is 24.5 Å². The van der Waals surface area contributed by atoms with Gasteiger partial charge >= 0.3 is 0 Å². The molecule has 35 heavy (non-hydrogen) atoms. The van der Waals surface area contributed by atoms with E-state index in [4.69, 9.17) is 14.6 Å². The van der Waals surface area contributed by atoms with Gasteiger partial charge in [-0.15, -0.1) is 0 Å².